The molecule has 0 unspecified atom stereocenters. The highest BCUT2D eigenvalue weighted by Gasteiger charge is 2.04. The summed E-state index contributed by atoms with van der Waals surface area (Å²) < 4.78 is 0. The lowest BCUT2D eigenvalue weighted by atomic mass is 10.0. The van der Waals surface area contributed by atoms with Crippen LogP contribution < -0.4 is 5.32 Å². The lowest BCUT2D eigenvalue weighted by molar-refractivity contribution is 0.892. The molecule has 1 aliphatic rings. The molecule has 1 N–H and O–H groups in total. The number of rotatable bonds is 5. The Morgan fingerprint density at radius 2 is 1.76 bits per heavy atom. The smallest absolute Gasteiger partial charge is 0.0400 e. The number of hydrogen-bond acceptors (Lipinski definition) is 1. The minimum atomic E-state index is 0.802. The van der Waals surface area contributed by atoms with Crippen molar-refractivity contribution in [1.82, 2.24) is 5.32 Å². The van der Waals surface area contributed by atoms with Gasteiger partial charge in [-0.3, -0.25) is 0 Å². The second-order valence-electron chi connectivity index (χ2n) is 5.22. The van der Waals surface area contributed by atoms with Crippen LogP contribution in [-0.4, -0.2) is 0 Å². The zero-order valence-electron chi connectivity index (χ0n) is 12.0. The number of allylic oxidation sites excluding steroid dienone is 4. The fraction of sp³-hybridized carbons (Fsp3) is 0.100. The zero-order valence-corrected chi connectivity index (χ0v) is 12.0. The minimum Gasteiger partial charge on any atom is -0.381 e. The summed E-state index contributed by atoms with van der Waals surface area (Å²) in [6.07, 6.45) is 7.51. The van der Waals surface area contributed by atoms with E-state index in [-0.39, 0.29) is 0 Å². The van der Waals surface area contributed by atoms with Crippen molar-refractivity contribution in [2.75, 3.05) is 0 Å². The molecule has 0 saturated carbocycles. The van der Waals surface area contributed by atoms with E-state index in [1.165, 1.54) is 16.7 Å². The number of hydrogen-bond donors (Lipinski definition) is 1. The number of nitrogens with one attached hydrogen (secondary N) is 1. The third-order valence-electron chi connectivity index (χ3n) is 3.72. The highest BCUT2D eigenvalue weighted by Crippen LogP contribution is 2.24. The molecule has 0 spiro atoms. The zero-order chi connectivity index (χ0) is 14.5. The van der Waals surface area contributed by atoms with Gasteiger partial charge in [-0.05, 0) is 28.7 Å². The highest BCUT2D eigenvalue weighted by atomic mass is 14.9. The predicted octanol–water partition coefficient (Wildman–Crippen LogP) is 4.79. The largest absolute Gasteiger partial charge is 0.381 e. The Morgan fingerprint density at radius 1 is 1.00 bits per heavy atom. The van der Waals surface area contributed by atoms with Crippen molar-refractivity contribution in [3.63, 3.8) is 0 Å². The van der Waals surface area contributed by atoms with E-state index in [4.69, 9.17) is 0 Å². The Morgan fingerprint density at radius 3 is 2.43 bits per heavy atom. The highest BCUT2D eigenvalue weighted by molar-refractivity contribution is 5.72. The molecule has 0 heterocycles. The summed E-state index contributed by atoms with van der Waals surface area (Å²) in [6, 6.07) is 19.0. The molecule has 1 aliphatic carbocycles. The quantitative estimate of drug-likeness (QED) is 0.826. The van der Waals surface area contributed by atoms with E-state index >= 15 is 0 Å². The van der Waals surface area contributed by atoms with Crippen molar-refractivity contribution in [3.05, 3.63) is 96.1 Å². The normalized spacial score (nSPS) is 13.0. The molecular formula is C20H19N. The van der Waals surface area contributed by atoms with Gasteiger partial charge in [0.25, 0.3) is 0 Å². The number of benzene rings is 2. The van der Waals surface area contributed by atoms with Crippen LogP contribution in [0.1, 0.15) is 23.1 Å². The van der Waals surface area contributed by atoms with Gasteiger partial charge in [-0.25, -0.2) is 0 Å². The summed E-state index contributed by atoms with van der Waals surface area (Å²) in [5, 5.41) is 3.38. The van der Waals surface area contributed by atoms with E-state index in [1.54, 1.807) is 0 Å². The van der Waals surface area contributed by atoms with Crippen molar-refractivity contribution < 1.29 is 0 Å². The Hall–Kier alpha value is -2.54. The first-order valence-electron chi connectivity index (χ1n) is 7.26. The Balaban J connectivity index is 1.62. The van der Waals surface area contributed by atoms with Crippen LogP contribution in [0.15, 0.2) is 79.4 Å². The van der Waals surface area contributed by atoms with E-state index in [0.29, 0.717) is 0 Å². The van der Waals surface area contributed by atoms with Crippen LogP contribution >= 0.6 is 0 Å². The van der Waals surface area contributed by atoms with Crippen molar-refractivity contribution in [2.45, 2.75) is 13.0 Å². The summed E-state index contributed by atoms with van der Waals surface area (Å²) in [5.74, 6) is 0. The summed E-state index contributed by atoms with van der Waals surface area (Å²) in [6.45, 7) is 4.93. The van der Waals surface area contributed by atoms with Crippen LogP contribution in [0, 0.1) is 0 Å². The van der Waals surface area contributed by atoms with Gasteiger partial charge in [0.2, 0.25) is 0 Å². The van der Waals surface area contributed by atoms with E-state index in [2.05, 4.69) is 78.7 Å². The van der Waals surface area contributed by atoms with Gasteiger partial charge in [-0.1, -0.05) is 79.4 Å². The molecular weight excluding hydrogens is 254 g/mol. The average Bonchev–Trinajstić information content (AvgIpc) is 3.08. The molecule has 2 aromatic rings. The summed E-state index contributed by atoms with van der Waals surface area (Å²) in [7, 11) is 0. The van der Waals surface area contributed by atoms with Gasteiger partial charge in [0, 0.05) is 12.2 Å². The van der Waals surface area contributed by atoms with Gasteiger partial charge in [0.1, 0.15) is 0 Å². The van der Waals surface area contributed by atoms with Gasteiger partial charge in [-0.15, -0.1) is 0 Å². The maximum atomic E-state index is 4.13. The second-order valence-corrected chi connectivity index (χ2v) is 5.22. The fourth-order valence-electron chi connectivity index (χ4n) is 2.45. The molecule has 3 rings (SSSR count). The molecule has 0 saturated heterocycles. The first kappa shape index (κ1) is 13.4. The minimum absolute atomic E-state index is 0.802. The molecule has 0 bridgehead atoms. The standard InChI is InChI=1S/C20H19N/c1-16(21-15-17-7-3-2-4-8-17)18-11-13-20(14-12-18)19-9-5-6-10-19/h2-9,11-14,21H,1,10,15H2. The van der Waals surface area contributed by atoms with E-state index < -0.39 is 0 Å². The molecule has 0 aliphatic heterocycles. The second kappa shape index (κ2) is 6.27. The van der Waals surface area contributed by atoms with Crippen LogP contribution in [-0.2, 0) is 6.54 Å². The van der Waals surface area contributed by atoms with Crippen LogP contribution in [0.4, 0.5) is 0 Å². The fourth-order valence-corrected chi connectivity index (χ4v) is 2.45. The maximum Gasteiger partial charge on any atom is 0.0400 e. The van der Waals surface area contributed by atoms with Crippen LogP contribution in [0.25, 0.3) is 11.3 Å². The molecule has 21 heavy (non-hydrogen) atoms. The maximum absolute atomic E-state index is 4.13. The molecule has 104 valence electrons. The summed E-state index contributed by atoms with van der Waals surface area (Å²) in [5.41, 5.74) is 6.03. The van der Waals surface area contributed by atoms with E-state index in [1.807, 2.05) is 6.07 Å². The van der Waals surface area contributed by atoms with Gasteiger partial charge in [0.15, 0.2) is 0 Å². The monoisotopic (exact) mass is 273 g/mol. The Kier molecular flexibility index (Phi) is 4.02. The molecule has 1 nitrogen and oxygen atoms in total. The lowest BCUT2D eigenvalue weighted by Crippen LogP contribution is -2.10. The Labute approximate surface area is 126 Å². The van der Waals surface area contributed by atoms with Gasteiger partial charge < -0.3 is 5.32 Å². The first-order chi connectivity index (χ1) is 10.3. The molecule has 0 atom stereocenters. The van der Waals surface area contributed by atoms with Gasteiger partial charge in [-0.2, -0.15) is 0 Å². The molecule has 1 heteroatoms. The third-order valence-corrected chi connectivity index (χ3v) is 3.72. The topological polar surface area (TPSA) is 12.0 Å². The van der Waals surface area contributed by atoms with Crippen LogP contribution in [0.5, 0.6) is 0 Å². The van der Waals surface area contributed by atoms with Crippen molar-refractivity contribution in [3.8, 4) is 0 Å². The molecule has 0 amide bonds. The van der Waals surface area contributed by atoms with Gasteiger partial charge in [0.05, 0.1) is 0 Å². The molecule has 0 aromatic heterocycles. The molecule has 2 aromatic carbocycles. The third kappa shape index (κ3) is 3.32. The van der Waals surface area contributed by atoms with Crippen molar-refractivity contribution >= 4 is 11.3 Å². The predicted molar refractivity (Wildman–Crippen MR) is 90.5 cm³/mol. The summed E-state index contributed by atoms with van der Waals surface area (Å²) >= 11 is 0. The Bertz CT molecular complexity index is 676. The van der Waals surface area contributed by atoms with E-state index in [0.717, 1.165) is 24.2 Å². The molecule has 0 radical (unpaired) electrons. The van der Waals surface area contributed by atoms with Gasteiger partial charge >= 0.3 is 0 Å². The summed E-state index contributed by atoms with van der Waals surface area (Å²) in [4.78, 5) is 0. The van der Waals surface area contributed by atoms with Crippen LogP contribution in [0.2, 0.25) is 0 Å². The van der Waals surface area contributed by atoms with Crippen LogP contribution in [0.3, 0.4) is 0 Å². The van der Waals surface area contributed by atoms with Crippen molar-refractivity contribution in [2.24, 2.45) is 0 Å². The van der Waals surface area contributed by atoms with Crippen molar-refractivity contribution in [1.29, 1.82) is 0 Å². The lowest BCUT2D eigenvalue weighted by Gasteiger charge is -2.11. The molecule has 0 fully saturated rings. The SMILES string of the molecule is C=C(NCc1ccccc1)c1ccc(C2=CC=CC2)cc1. The first-order valence-corrected chi connectivity index (χ1v) is 7.26. The average molecular weight is 273 g/mol. The van der Waals surface area contributed by atoms with E-state index in [9.17, 15) is 0 Å².